The minimum atomic E-state index is -4.05. The third-order valence-electron chi connectivity index (χ3n) is 7.29. The first-order chi connectivity index (χ1) is 19.6. The van der Waals surface area contributed by atoms with Crippen LogP contribution in [-0.4, -0.2) is 50.0 Å². The second-order valence-electron chi connectivity index (χ2n) is 10.4. The third kappa shape index (κ3) is 8.53. The topological polar surface area (TPSA) is 86.8 Å². The Kier molecular flexibility index (Phi) is 10.4. The lowest BCUT2D eigenvalue weighted by Crippen LogP contribution is -2.55. The van der Waals surface area contributed by atoms with Crippen molar-refractivity contribution in [2.24, 2.45) is 0 Å². The molecule has 1 atom stereocenters. The number of nitrogens with one attached hydrogen (secondary N) is 1. The van der Waals surface area contributed by atoms with E-state index >= 15 is 0 Å². The SMILES string of the molecule is CS(=O)(=O)N(CC(=O)N(Cc1ccc(Cl)cc1)[C@@H](Cc1ccccc1)C(=O)NC1CCCCC1)c1ccccc1F. The summed E-state index contributed by atoms with van der Waals surface area (Å²) in [4.78, 5) is 29.4. The van der Waals surface area contributed by atoms with E-state index in [2.05, 4.69) is 5.32 Å². The number of nitrogens with zero attached hydrogens (tertiary/aromatic N) is 2. The molecule has 0 radical (unpaired) electrons. The van der Waals surface area contributed by atoms with Crippen molar-refractivity contribution >= 4 is 39.1 Å². The van der Waals surface area contributed by atoms with E-state index in [1.807, 2.05) is 30.3 Å². The number of para-hydroxylation sites is 1. The van der Waals surface area contributed by atoms with Gasteiger partial charge in [-0.2, -0.15) is 0 Å². The highest BCUT2D eigenvalue weighted by Crippen LogP contribution is 2.24. The molecule has 2 amide bonds. The van der Waals surface area contributed by atoms with Crippen LogP contribution < -0.4 is 9.62 Å². The maximum Gasteiger partial charge on any atom is 0.244 e. The van der Waals surface area contributed by atoms with Gasteiger partial charge in [-0.25, -0.2) is 12.8 Å². The largest absolute Gasteiger partial charge is 0.352 e. The van der Waals surface area contributed by atoms with Crippen LogP contribution in [0.2, 0.25) is 5.02 Å². The molecule has 0 aliphatic heterocycles. The van der Waals surface area contributed by atoms with Gasteiger partial charge in [0.15, 0.2) is 0 Å². The molecule has 10 heteroatoms. The fraction of sp³-hybridized carbons (Fsp3) is 0.355. The van der Waals surface area contributed by atoms with E-state index < -0.39 is 34.3 Å². The molecule has 1 aliphatic rings. The monoisotopic (exact) mass is 599 g/mol. The number of rotatable bonds is 11. The zero-order valence-electron chi connectivity index (χ0n) is 23.0. The first kappa shape index (κ1) is 30.5. The summed E-state index contributed by atoms with van der Waals surface area (Å²) < 4.78 is 41.1. The van der Waals surface area contributed by atoms with Crippen molar-refractivity contribution in [1.82, 2.24) is 10.2 Å². The lowest BCUT2D eigenvalue weighted by molar-refractivity contribution is -0.140. The highest BCUT2D eigenvalue weighted by Gasteiger charge is 2.34. The highest BCUT2D eigenvalue weighted by molar-refractivity contribution is 7.92. The van der Waals surface area contributed by atoms with E-state index in [0.29, 0.717) is 10.6 Å². The maximum atomic E-state index is 14.7. The lowest BCUT2D eigenvalue weighted by atomic mass is 9.94. The Labute approximate surface area is 246 Å². The molecule has 7 nitrogen and oxygen atoms in total. The smallest absolute Gasteiger partial charge is 0.244 e. The molecule has 1 fully saturated rings. The fourth-order valence-electron chi connectivity index (χ4n) is 5.13. The van der Waals surface area contributed by atoms with Gasteiger partial charge in [-0.1, -0.05) is 85.5 Å². The average molecular weight is 600 g/mol. The van der Waals surface area contributed by atoms with Crippen molar-refractivity contribution < 1.29 is 22.4 Å². The molecule has 0 aromatic heterocycles. The fourth-order valence-corrected chi connectivity index (χ4v) is 6.11. The van der Waals surface area contributed by atoms with Crippen LogP contribution in [0, 0.1) is 5.82 Å². The van der Waals surface area contributed by atoms with Crippen LogP contribution in [0.25, 0.3) is 0 Å². The van der Waals surface area contributed by atoms with Crippen LogP contribution in [0.15, 0.2) is 78.9 Å². The van der Waals surface area contributed by atoms with E-state index in [1.165, 1.54) is 23.1 Å². The van der Waals surface area contributed by atoms with Crippen molar-refractivity contribution in [3.8, 4) is 0 Å². The second kappa shape index (κ2) is 14.0. The van der Waals surface area contributed by atoms with Gasteiger partial charge in [0.1, 0.15) is 18.4 Å². The first-order valence-corrected chi connectivity index (χ1v) is 15.9. The van der Waals surface area contributed by atoms with E-state index in [-0.39, 0.29) is 30.6 Å². The van der Waals surface area contributed by atoms with Gasteiger partial charge in [0.05, 0.1) is 11.9 Å². The normalized spacial score (nSPS) is 14.7. The standard InChI is InChI=1S/C31H35ClFN3O4S/c1-41(39,40)36(28-15-9-8-14-27(28)33)22-30(37)35(21-24-16-18-25(32)19-17-24)29(20-23-10-4-2-5-11-23)31(38)34-26-12-6-3-7-13-26/h2,4-5,8-11,14-19,26,29H,3,6-7,12-13,20-22H2,1H3,(H,34,38)/t29-/m0/s1. The number of amides is 2. The first-order valence-electron chi connectivity index (χ1n) is 13.7. The van der Waals surface area contributed by atoms with Gasteiger partial charge in [0.2, 0.25) is 21.8 Å². The van der Waals surface area contributed by atoms with Crippen molar-refractivity contribution in [3.05, 3.63) is 101 Å². The summed E-state index contributed by atoms with van der Waals surface area (Å²) >= 11 is 6.09. The summed E-state index contributed by atoms with van der Waals surface area (Å²) in [5, 5.41) is 3.67. The lowest BCUT2D eigenvalue weighted by Gasteiger charge is -2.35. The van der Waals surface area contributed by atoms with Crippen LogP contribution in [0.5, 0.6) is 0 Å². The zero-order chi connectivity index (χ0) is 29.4. The predicted molar refractivity (Wildman–Crippen MR) is 160 cm³/mol. The predicted octanol–water partition coefficient (Wildman–Crippen LogP) is 5.33. The number of hydrogen-bond acceptors (Lipinski definition) is 4. The number of carbonyl (C=O) groups is 2. The minimum Gasteiger partial charge on any atom is -0.352 e. The summed E-state index contributed by atoms with van der Waals surface area (Å²) in [6.45, 7) is -0.643. The van der Waals surface area contributed by atoms with E-state index in [0.717, 1.165) is 54.3 Å². The van der Waals surface area contributed by atoms with Crippen molar-refractivity contribution in [2.45, 2.75) is 57.2 Å². The highest BCUT2D eigenvalue weighted by atomic mass is 35.5. The summed E-state index contributed by atoms with van der Waals surface area (Å²) in [5.41, 5.74) is 1.32. The second-order valence-corrected chi connectivity index (χ2v) is 12.8. The molecule has 1 N–H and O–H groups in total. The van der Waals surface area contributed by atoms with Gasteiger partial charge in [-0.3, -0.25) is 13.9 Å². The average Bonchev–Trinajstić information content (AvgIpc) is 2.95. The van der Waals surface area contributed by atoms with E-state index in [1.54, 1.807) is 24.3 Å². The molecule has 3 aromatic rings. The third-order valence-corrected chi connectivity index (χ3v) is 8.67. The van der Waals surface area contributed by atoms with Crippen LogP contribution in [-0.2, 0) is 32.6 Å². The Balaban J connectivity index is 1.72. The molecule has 3 aromatic carbocycles. The number of benzene rings is 3. The summed E-state index contributed by atoms with van der Waals surface area (Å²) in [5.74, 6) is -1.71. The van der Waals surface area contributed by atoms with Crippen LogP contribution in [0.1, 0.15) is 43.2 Å². The van der Waals surface area contributed by atoms with Crippen molar-refractivity contribution in [2.75, 3.05) is 17.1 Å². The zero-order valence-corrected chi connectivity index (χ0v) is 24.6. The molecule has 0 heterocycles. The number of hydrogen-bond donors (Lipinski definition) is 1. The number of halogens is 2. The number of sulfonamides is 1. The van der Waals surface area contributed by atoms with E-state index in [4.69, 9.17) is 11.6 Å². The van der Waals surface area contributed by atoms with Gasteiger partial charge in [-0.05, 0) is 48.2 Å². The molecule has 0 saturated heterocycles. The molecule has 4 rings (SSSR count). The summed E-state index contributed by atoms with van der Waals surface area (Å²) in [6, 6.07) is 20.7. The maximum absolute atomic E-state index is 14.7. The molecule has 218 valence electrons. The Bertz CT molecular complexity index is 1430. The van der Waals surface area contributed by atoms with Crippen LogP contribution in [0.4, 0.5) is 10.1 Å². The van der Waals surface area contributed by atoms with Crippen LogP contribution >= 0.6 is 11.6 Å². The summed E-state index contributed by atoms with van der Waals surface area (Å²) in [6.07, 6.45) is 6.04. The Hall–Kier alpha value is -3.43. The van der Waals surface area contributed by atoms with Gasteiger partial charge in [-0.15, -0.1) is 0 Å². The Morgan fingerprint density at radius 2 is 1.56 bits per heavy atom. The summed E-state index contributed by atoms with van der Waals surface area (Å²) in [7, 11) is -4.05. The van der Waals surface area contributed by atoms with Gasteiger partial charge >= 0.3 is 0 Å². The Morgan fingerprint density at radius 1 is 0.927 bits per heavy atom. The van der Waals surface area contributed by atoms with E-state index in [9.17, 15) is 22.4 Å². The molecular formula is C31H35ClFN3O4S. The molecule has 0 spiro atoms. The number of carbonyl (C=O) groups excluding carboxylic acids is 2. The molecule has 0 bridgehead atoms. The quantitative estimate of drug-likeness (QED) is 0.323. The van der Waals surface area contributed by atoms with Crippen molar-refractivity contribution in [1.29, 1.82) is 0 Å². The molecule has 1 aliphatic carbocycles. The number of anilines is 1. The molecular weight excluding hydrogens is 565 g/mol. The molecule has 0 unspecified atom stereocenters. The van der Waals surface area contributed by atoms with Gasteiger partial charge in [0.25, 0.3) is 0 Å². The van der Waals surface area contributed by atoms with Crippen molar-refractivity contribution in [3.63, 3.8) is 0 Å². The molecule has 41 heavy (non-hydrogen) atoms. The molecule has 1 saturated carbocycles. The van der Waals surface area contributed by atoms with Gasteiger partial charge in [0, 0.05) is 24.0 Å². The Morgan fingerprint density at radius 3 is 2.20 bits per heavy atom. The van der Waals surface area contributed by atoms with Gasteiger partial charge < -0.3 is 10.2 Å². The van der Waals surface area contributed by atoms with Crippen LogP contribution in [0.3, 0.4) is 0 Å². The minimum absolute atomic E-state index is 0.00735.